The van der Waals surface area contributed by atoms with Crippen LogP contribution in [0.15, 0.2) is 24.3 Å². The Bertz CT molecular complexity index is 822. The third kappa shape index (κ3) is 4.57. The number of likely N-dealkylation sites (tertiary alicyclic amines) is 1. The van der Waals surface area contributed by atoms with Crippen molar-refractivity contribution in [3.63, 3.8) is 0 Å². The van der Waals surface area contributed by atoms with Crippen molar-refractivity contribution in [2.45, 2.75) is 19.4 Å². The fourth-order valence-corrected chi connectivity index (χ4v) is 3.85. The first-order valence-electron chi connectivity index (χ1n) is 9.85. The van der Waals surface area contributed by atoms with Gasteiger partial charge in [-0.3, -0.25) is 14.7 Å². The third-order valence-corrected chi connectivity index (χ3v) is 5.76. The number of ether oxygens (including phenoxy) is 1. The van der Waals surface area contributed by atoms with Crippen LogP contribution < -0.4 is 9.73 Å². The summed E-state index contributed by atoms with van der Waals surface area (Å²) in [7, 11) is 4.66. The molecule has 1 aromatic rings. The zero-order valence-electron chi connectivity index (χ0n) is 17.2. The zero-order chi connectivity index (χ0) is 21.0. The standard InChI is InChI=1S/C21H27N5O3/c1-24-19(18(12-22)20(27)25(2)21(24)28)23-13-15-8-10-26(11-9-15)14-16-4-6-17(29-3)7-5-16/h4-7,15,18H,8-11,13-14H2,1-3H3/p+1. The second-order valence-electron chi connectivity index (χ2n) is 7.63. The number of amidine groups is 1. The van der Waals surface area contributed by atoms with Crippen molar-refractivity contribution >= 4 is 17.8 Å². The summed E-state index contributed by atoms with van der Waals surface area (Å²) in [6, 6.07) is 9.74. The molecule has 3 amide bonds. The van der Waals surface area contributed by atoms with Gasteiger partial charge in [0.05, 0.1) is 26.8 Å². The van der Waals surface area contributed by atoms with E-state index in [0.717, 1.165) is 43.1 Å². The largest absolute Gasteiger partial charge is 0.497 e. The molecule has 2 saturated heterocycles. The molecule has 0 aromatic heterocycles. The summed E-state index contributed by atoms with van der Waals surface area (Å²) < 4.78 is 5.20. The SMILES string of the molecule is COc1ccc(CN2CCC(C[NH+]=C3C(C#N)C(=O)N(C)C(=O)N3C)CC2)cc1. The van der Waals surface area contributed by atoms with Crippen LogP contribution in [0.5, 0.6) is 5.75 Å². The number of amides is 3. The monoisotopic (exact) mass is 398 g/mol. The molecule has 0 bridgehead atoms. The van der Waals surface area contributed by atoms with Crippen molar-refractivity contribution in [1.82, 2.24) is 14.7 Å². The number of nitrogens with one attached hydrogen (secondary N) is 1. The number of hydrogen-bond donors (Lipinski definition) is 1. The minimum atomic E-state index is -0.960. The van der Waals surface area contributed by atoms with E-state index in [1.807, 2.05) is 18.2 Å². The molecule has 2 fully saturated rings. The van der Waals surface area contributed by atoms with Crippen LogP contribution in [0.1, 0.15) is 18.4 Å². The van der Waals surface area contributed by atoms with Gasteiger partial charge >= 0.3 is 6.03 Å². The van der Waals surface area contributed by atoms with Gasteiger partial charge < -0.3 is 4.74 Å². The minimum absolute atomic E-state index is 0.390. The molecule has 1 unspecified atom stereocenters. The number of carbonyl (C=O) groups is 2. The Labute approximate surface area is 171 Å². The number of imide groups is 1. The molecule has 2 heterocycles. The Morgan fingerprint density at radius 1 is 1.14 bits per heavy atom. The fourth-order valence-electron chi connectivity index (χ4n) is 3.85. The Hall–Kier alpha value is -2.92. The van der Waals surface area contributed by atoms with Crippen molar-refractivity contribution < 1.29 is 19.3 Å². The maximum absolute atomic E-state index is 12.2. The topological polar surface area (TPSA) is 90.9 Å². The van der Waals surface area contributed by atoms with Crippen LogP contribution in [0.2, 0.25) is 0 Å². The Balaban J connectivity index is 1.55. The van der Waals surface area contributed by atoms with Crippen LogP contribution in [0.3, 0.4) is 0 Å². The molecule has 1 aromatic carbocycles. The van der Waals surface area contributed by atoms with Gasteiger partial charge in [-0.2, -0.15) is 10.2 Å². The molecule has 2 aliphatic heterocycles. The number of hydrogen-bond acceptors (Lipinski definition) is 5. The molecule has 1 N–H and O–H groups in total. The number of nitrogens with zero attached hydrogens (tertiary/aromatic N) is 4. The number of piperidine rings is 1. The van der Waals surface area contributed by atoms with E-state index >= 15 is 0 Å². The van der Waals surface area contributed by atoms with E-state index in [9.17, 15) is 14.9 Å². The van der Waals surface area contributed by atoms with Crippen LogP contribution in [0.4, 0.5) is 4.79 Å². The van der Waals surface area contributed by atoms with Crippen LogP contribution in [-0.4, -0.2) is 73.3 Å². The van der Waals surface area contributed by atoms with Gasteiger partial charge in [-0.25, -0.2) is 9.69 Å². The van der Waals surface area contributed by atoms with Gasteiger partial charge in [0, 0.05) is 13.6 Å². The van der Waals surface area contributed by atoms with E-state index in [0.29, 0.717) is 18.3 Å². The second-order valence-corrected chi connectivity index (χ2v) is 7.63. The first-order valence-corrected chi connectivity index (χ1v) is 9.85. The van der Waals surface area contributed by atoms with Gasteiger partial charge in [0.1, 0.15) is 5.75 Å². The van der Waals surface area contributed by atoms with E-state index in [2.05, 4.69) is 22.0 Å². The summed E-state index contributed by atoms with van der Waals surface area (Å²) >= 11 is 0. The highest BCUT2D eigenvalue weighted by atomic mass is 16.5. The van der Waals surface area contributed by atoms with Crippen LogP contribution in [0, 0.1) is 23.2 Å². The summed E-state index contributed by atoms with van der Waals surface area (Å²) in [5, 5.41) is 9.39. The van der Waals surface area contributed by atoms with Crippen LogP contribution >= 0.6 is 0 Å². The Morgan fingerprint density at radius 3 is 2.38 bits per heavy atom. The lowest BCUT2D eigenvalue weighted by atomic mass is 9.96. The van der Waals surface area contributed by atoms with Gasteiger partial charge in [-0.05, 0) is 49.5 Å². The number of rotatable bonds is 5. The lowest BCUT2D eigenvalue weighted by Gasteiger charge is -2.31. The maximum Gasteiger partial charge on any atom is 0.417 e. The van der Waals surface area contributed by atoms with Gasteiger partial charge in [0.2, 0.25) is 5.92 Å². The molecule has 154 valence electrons. The molecule has 8 nitrogen and oxygen atoms in total. The van der Waals surface area contributed by atoms with Crippen molar-refractivity contribution in [2.75, 3.05) is 40.8 Å². The highest BCUT2D eigenvalue weighted by Gasteiger charge is 2.46. The average Bonchev–Trinajstić information content (AvgIpc) is 2.75. The predicted octanol–water partition coefficient (Wildman–Crippen LogP) is 0.0499. The number of carbonyl (C=O) groups excluding carboxylic acids is 2. The van der Waals surface area contributed by atoms with E-state index in [-0.39, 0.29) is 0 Å². The van der Waals surface area contributed by atoms with E-state index in [1.54, 1.807) is 14.2 Å². The quantitative estimate of drug-likeness (QED) is 0.757. The molecule has 0 saturated carbocycles. The van der Waals surface area contributed by atoms with Gasteiger partial charge in [0.15, 0.2) is 0 Å². The lowest BCUT2D eigenvalue weighted by Crippen LogP contribution is -2.82. The maximum atomic E-state index is 12.2. The second kappa shape index (κ2) is 9.05. The first-order chi connectivity index (χ1) is 13.9. The molecule has 2 aliphatic rings. The number of methoxy groups -OCH3 is 1. The molecular formula is C21H28N5O3+. The smallest absolute Gasteiger partial charge is 0.417 e. The Morgan fingerprint density at radius 2 is 1.79 bits per heavy atom. The normalized spacial score (nSPS) is 22.8. The van der Waals surface area contributed by atoms with Gasteiger partial charge in [0.25, 0.3) is 11.7 Å². The van der Waals surface area contributed by atoms with E-state index in [1.165, 1.54) is 17.5 Å². The molecule has 0 spiro atoms. The van der Waals surface area contributed by atoms with E-state index in [4.69, 9.17) is 4.74 Å². The molecule has 1 atom stereocenters. The highest BCUT2D eigenvalue weighted by molar-refractivity contribution is 6.17. The van der Waals surface area contributed by atoms with Crippen LogP contribution in [-0.2, 0) is 11.3 Å². The number of benzene rings is 1. The van der Waals surface area contributed by atoms with E-state index < -0.39 is 17.9 Å². The van der Waals surface area contributed by atoms with Crippen molar-refractivity contribution in [3.05, 3.63) is 29.8 Å². The predicted molar refractivity (Wildman–Crippen MR) is 107 cm³/mol. The Kier molecular flexibility index (Phi) is 6.49. The summed E-state index contributed by atoms with van der Waals surface area (Å²) in [4.78, 5) is 32.4. The van der Waals surface area contributed by atoms with Crippen molar-refractivity contribution in [1.29, 1.82) is 5.26 Å². The molecule has 0 radical (unpaired) electrons. The highest BCUT2D eigenvalue weighted by Crippen LogP contribution is 2.19. The summed E-state index contributed by atoms with van der Waals surface area (Å²) in [5.41, 5.74) is 1.26. The van der Waals surface area contributed by atoms with Crippen LogP contribution in [0.25, 0.3) is 0 Å². The summed E-state index contributed by atoms with van der Waals surface area (Å²) in [6.45, 7) is 3.55. The molecule has 29 heavy (non-hydrogen) atoms. The summed E-state index contributed by atoms with van der Waals surface area (Å²) in [5.74, 6) is 0.251. The minimum Gasteiger partial charge on any atom is -0.497 e. The number of urea groups is 1. The molecule has 0 aliphatic carbocycles. The van der Waals surface area contributed by atoms with Gasteiger partial charge in [-0.15, -0.1) is 0 Å². The zero-order valence-corrected chi connectivity index (χ0v) is 17.2. The molecule has 3 rings (SSSR count). The van der Waals surface area contributed by atoms with Crippen molar-refractivity contribution in [2.24, 2.45) is 11.8 Å². The number of nitriles is 1. The first kappa shape index (κ1) is 20.8. The average molecular weight is 398 g/mol. The van der Waals surface area contributed by atoms with Crippen molar-refractivity contribution in [3.8, 4) is 11.8 Å². The third-order valence-electron chi connectivity index (χ3n) is 5.76. The molecular weight excluding hydrogens is 370 g/mol. The lowest BCUT2D eigenvalue weighted by molar-refractivity contribution is -0.474. The van der Waals surface area contributed by atoms with Gasteiger partial charge in [-0.1, -0.05) is 12.1 Å². The molecule has 8 heteroatoms. The summed E-state index contributed by atoms with van der Waals surface area (Å²) in [6.07, 6.45) is 2.05. The fraction of sp³-hybridized carbons (Fsp3) is 0.524.